The first kappa shape index (κ1) is 13.4. The van der Waals surface area contributed by atoms with Crippen molar-refractivity contribution in [3.05, 3.63) is 11.9 Å². The number of imidazole rings is 1. The van der Waals surface area contributed by atoms with Crippen LogP contribution in [0.2, 0.25) is 0 Å². The number of carbonyl (C=O) groups is 2. The maximum atomic E-state index is 11.8. The van der Waals surface area contributed by atoms with Crippen molar-refractivity contribution in [1.29, 1.82) is 0 Å². The van der Waals surface area contributed by atoms with Crippen LogP contribution in [0.15, 0.2) is 6.20 Å². The van der Waals surface area contributed by atoms with Crippen molar-refractivity contribution in [3.8, 4) is 0 Å². The van der Waals surface area contributed by atoms with Crippen molar-refractivity contribution in [2.45, 2.75) is 26.3 Å². The predicted octanol–water partition coefficient (Wildman–Crippen LogP) is -0.0453. The van der Waals surface area contributed by atoms with Gasteiger partial charge in [-0.25, -0.2) is 4.98 Å². The summed E-state index contributed by atoms with van der Waals surface area (Å²) in [6.07, 6.45) is 3.60. The van der Waals surface area contributed by atoms with Crippen molar-refractivity contribution in [1.82, 2.24) is 20.2 Å². The Balaban J connectivity index is 1.86. The lowest BCUT2D eigenvalue weighted by Crippen LogP contribution is -2.37. The van der Waals surface area contributed by atoms with Gasteiger partial charge in [0.15, 0.2) is 0 Å². The van der Waals surface area contributed by atoms with Crippen molar-refractivity contribution in [2.75, 3.05) is 25.0 Å². The highest BCUT2D eigenvalue weighted by molar-refractivity contribution is 5.95. The van der Waals surface area contributed by atoms with Crippen LogP contribution in [0.1, 0.15) is 30.3 Å². The number of anilines is 1. The van der Waals surface area contributed by atoms with Crippen molar-refractivity contribution < 1.29 is 9.59 Å². The van der Waals surface area contributed by atoms with E-state index in [1.165, 1.54) is 0 Å². The Morgan fingerprint density at radius 2 is 2.32 bits per heavy atom. The summed E-state index contributed by atoms with van der Waals surface area (Å²) < 4.78 is 1.91. The van der Waals surface area contributed by atoms with Gasteiger partial charge in [0.1, 0.15) is 5.69 Å². The van der Waals surface area contributed by atoms with Gasteiger partial charge in [-0.2, -0.15) is 0 Å². The molecule has 1 aliphatic heterocycles. The fourth-order valence-corrected chi connectivity index (χ4v) is 1.86. The topological polar surface area (TPSA) is 88.1 Å². The van der Waals surface area contributed by atoms with Crippen molar-refractivity contribution in [3.63, 3.8) is 0 Å². The minimum absolute atomic E-state index is 0.0194. The molecule has 104 valence electrons. The van der Waals surface area contributed by atoms with Crippen LogP contribution in [-0.4, -0.2) is 41.0 Å². The van der Waals surface area contributed by atoms with E-state index in [1.807, 2.05) is 11.5 Å². The van der Waals surface area contributed by atoms with Gasteiger partial charge in [-0.15, -0.1) is 0 Å². The van der Waals surface area contributed by atoms with E-state index in [0.717, 1.165) is 25.9 Å². The minimum atomic E-state index is -0.324. The molecule has 7 heteroatoms. The Labute approximate surface area is 111 Å². The van der Waals surface area contributed by atoms with Crippen LogP contribution in [0.5, 0.6) is 0 Å². The smallest absolute Gasteiger partial charge is 0.271 e. The molecule has 0 saturated heterocycles. The molecule has 0 fully saturated rings. The first-order valence-electron chi connectivity index (χ1n) is 6.56. The van der Waals surface area contributed by atoms with Gasteiger partial charge in [0.2, 0.25) is 11.9 Å². The van der Waals surface area contributed by atoms with Crippen LogP contribution < -0.4 is 16.0 Å². The lowest BCUT2D eigenvalue weighted by atomic mass is 10.4. The molecule has 0 radical (unpaired) electrons. The number of amides is 2. The summed E-state index contributed by atoms with van der Waals surface area (Å²) in [5, 5.41) is 8.38. The number of nitrogens with zero attached hydrogens (tertiary/aromatic N) is 2. The summed E-state index contributed by atoms with van der Waals surface area (Å²) in [5.41, 5.74) is 0.340. The second-order valence-electron chi connectivity index (χ2n) is 4.46. The van der Waals surface area contributed by atoms with Crippen molar-refractivity contribution >= 4 is 17.8 Å². The Morgan fingerprint density at radius 3 is 3.05 bits per heavy atom. The Hall–Kier alpha value is -2.05. The van der Waals surface area contributed by atoms with Crippen LogP contribution in [0.25, 0.3) is 0 Å². The van der Waals surface area contributed by atoms with Crippen LogP contribution in [0.4, 0.5) is 5.95 Å². The maximum absolute atomic E-state index is 11.8. The molecule has 7 nitrogen and oxygen atoms in total. The summed E-state index contributed by atoms with van der Waals surface area (Å²) in [6.45, 7) is 4.31. The van der Waals surface area contributed by atoms with Gasteiger partial charge in [0.25, 0.3) is 5.91 Å². The van der Waals surface area contributed by atoms with Crippen LogP contribution in [-0.2, 0) is 11.3 Å². The van der Waals surface area contributed by atoms with E-state index in [1.54, 1.807) is 6.20 Å². The van der Waals surface area contributed by atoms with E-state index in [0.29, 0.717) is 18.2 Å². The summed E-state index contributed by atoms with van der Waals surface area (Å²) in [5.74, 6) is 0.208. The highest BCUT2D eigenvalue weighted by Gasteiger charge is 2.16. The lowest BCUT2D eigenvalue weighted by molar-refractivity contribution is -0.120. The highest BCUT2D eigenvalue weighted by Crippen LogP contribution is 2.13. The molecular weight excluding hydrogens is 246 g/mol. The molecule has 0 aromatic carbocycles. The van der Waals surface area contributed by atoms with Gasteiger partial charge in [-0.05, 0) is 12.8 Å². The number of fused-ring (bicyclic) bond motifs is 1. The third-order valence-electron chi connectivity index (χ3n) is 2.85. The summed E-state index contributed by atoms with van der Waals surface area (Å²) in [4.78, 5) is 27.4. The Kier molecular flexibility index (Phi) is 4.38. The SMILES string of the molecule is CCCNC(=O)CNC(=O)c1cn2c(n1)NCCC2. The molecule has 2 amide bonds. The molecule has 3 N–H and O–H groups in total. The molecule has 1 aromatic heterocycles. The van der Waals surface area contributed by atoms with Gasteiger partial charge in [0, 0.05) is 25.8 Å². The zero-order valence-electron chi connectivity index (χ0n) is 11.0. The molecule has 19 heavy (non-hydrogen) atoms. The molecule has 2 rings (SSSR count). The Morgan fingerprint density at radius 1 is 1.47 bits per heavy atom. The zero-order valence-corrected chi connectivity index (χ0v) is 11.0. The molecule has 2 heterocycles. The second kappa shape index (κ2) is 6.21. The molecule has 0 bridgehead atoms. The van der Waals surface area contributed by atoms with E-state index in [2.05, 4.69) is 20.9 Å². The molecule has 0 atom stereocenters. The quantitative estimate of drug-likeness (QED) is 0.697. The van der Waals surface area contributed by atoms with Crippen LogP contribution in [0, 0.1) is 0 Å². The van der Waals surface area contributed by atoms with Crippen LogP contribution in [0.3, 0.4) is 0 Å². The van der Waals surface area contributed by atoms with E-state index in [4.69, 9.17) is 0 Å². The average Bonchev–Trinajstić information content (AvgIpc) is 2.86. The lowest BCUT2D eigenvalue weighted by Gasteiger charge is -2.14. The van der Waals surface area contributed by atoms with E-state index >= 15 is 0 Å². The van der Waals surface area contributed by atoms with Gasteiger partial charge in [-0.1, -0.05) is 6.92 Å². The minimum Gasteiger partial charge on any atom is -0.356 e. The van der Waals surface area contributed by atoms with Gasteiger partial charge in [0.05, 0.1) is 6.54 Å². The molecule has 1 aromatic rings. The summed E-state index contributed by atoms with van der Waals surface area (Å²) in [7, 11) is 0. The number of aromatic nitrogens is 2. The van der Waals surface area contributed by atoms with Gasteiger partial charge in [-0.3, -0.25) is 9.59 Å². The molecule has 0 saturated carbocycles. The first-order valence-corrected chi connectivity index (χ1v) is 6.56. The Bertz CT molecular complexity index is 445. The third-order valence-corrected chi connectivity index (χ3v) is 2.85. The van der Waals surface area contributed by atoms with Gasteiger partial charge < -0.3 is 20.5 Å². The fourth-order valence-electron chi connectivity index (χ4n) is 1.86. The number of hydrogen-bond acceptors (Lipinski definition) is 4. The molecular formula is C12H19N5O2. The second-order valence-corrected chi connectivity index (χ2v) is 4.46. The van der Waals surface area contributed by atoms with Crippen LogP contribution >= 0.6 is 0 Å². The average molecular weight is 265 g/mol. The summed E-state index contributed by atoms with van der Waals surface area (Å²) in [6, 6.07) is 0. The predicted molar refractivity (Wildman–Crippen MR) is 71.0 cm³/mol. The van der Waals surface area contributed by atoms with E-state index < -0.39 is 0 Å². The molecule has 0 unspecified atom stereocenters. The first-order chi connectivity index (χ1) is 9.20. The molecule has 0 aliphatic carbocycles. The number of carbonyl (C=O) groups excluding carboxylic acids is 2. The standard InChI is InChI=1S/C12H19N5O2/c1-2-4-13-10(18)7-15-11(19)9-8-17-6-3-5-14-12(17)16-9/h8H,2-7H2,1H3,(H,13,18)(H,14,16)(H,15,19). The normalized spacial score (nSPS) is 13.3. The number of rotatable bonds is 5. The molecule has 1 aliphatic rings. The van der Waals surface area contributed by atoms with Crippen molar-refractivity contribution in [2.24, 2.45) is 0 Å². The number of aryl methyl sites for hydroxylation is 1. The fraction of sp³-hybridized carbons (Fsp3) is 0.583. The highest BCUT2D eigenvalue weighted by atomic mass is 16.2. The molecule has 0 spiro atoms. The maximum Gasteiger partial charge on any atom is 0.271 e. The monoisotopic (exact) mass is 265 g/mol. The van der Waals surface area contributed by atoms with Gasteiger partial charge >= 0.3 is 0 Å². The number of hydrogen-bond donors (Lipinski definition) is 3. The largest absolute Gasteiger partial charge is 0.356 e. The zero-order chi connectivity index (χ0) is 13.7. The van der Waals surface area contributed by atoms with E-state index in [-0.39, 0.29) is 18.4 Å². The number of nitrogens with one attached hydrogen (secondary N) is 3. The van der Waals surface area contributed by atoms with E-state index in [9.17, 15) is 9.59 Å². The third kappa shape index (κ3) is 3.46. The summed E-state index contributed by atoms with van der Waals surface area (Å²) >= 11 is 0.